The average Bonchev–Trinajstić information content (AvgIpc) is 3.23. The number of ether oxygens (including phenoxy) is 2. The van der Waals surface area contributed by atoms with Crippen LogP contribution in [0.2, 0.25) is 0 Å². The predicted molar refractivity (Wildman–Crippen MR) is 126 cm³/mol. The molecule has 1 aliphatic rings. The second-order valence-corrected chi connectivity index (χ2v) is 10.0. The van der Waals surface area contributed by atoms with Crippen LogP contribution < -0.4 is 9.54 Å². The van der Waals surface area contributed by atoms with Gasteiger partial charge >= 0.3 is 0 Å². The number of sulfonamides is 1. The summed E-state index contributed by atoms with van der Waals surface area (Å²) in [7, 11) is -3.50. The Labute approximate surface area is 192 Å². The maximum Gasteiger partial charge on any atom is 0.243 e. The number of nitrogens with zero attached hydrogens (tertiary/aromatic N) is 3. The summed E-state index contributed by atoms with van der Waals surface area (Å²) in [6.07, 6.45) is 0. The molecular weight excluding hydrogens is 446 g/mol. The van der Waals surface area contributed by atoms with E-state index >= 15 is 0 Å². The van der Waals surface area contributed by atoms with Gasteiger partial charge in [-0.1, -0.05) is 12.1 Å². The molecule has 1 saturated heterocycles. The lowest BCUT2D eigenvalue weighted by Crippen LogP contribution is -2.40. The van der Waals surface area contributed by atoms with Crippen LogP contribution in [0, 0.1) is 0 Å². The molecule has 9 heteroatoms. The highest BCUT2D eigenvalue weighted by atomic mass is 32.2. The Bertz CT molecular complexity index is 1210. The standard InChI is InChI=1S/C23H27N3O4S2/c1-3-26-22(17-31-23(26)24-19-7-9-20(10-8-19)30-4-2)18-5-11-21(12-6-18)32(27,28)25-13-15-29-16-14-25/h5-12,17H,3-4,13-16H2,1-2H3. The molecule has 1 aliphatic heterocycles. The van der Waals surface area contributed by atoms with Crippen LogP contribution in [0.15, 0.2) is 63.8 Å². The summed E-state index contributed by atoms with van der Waals surface area (Å²) in [6, 6.07) is 14.8. The molecule has 0 N–H and O–H groups in total. The summed E-state index contributed by atoms with van der Waals surface area (Å²) in [5.74, 6) is 0.828. The highest BCUT2D eigenvalue weighted by molar-refractivity contribution is 7.89. The van der Waals surface area contributed by atoms with Crippen molar-refractivity contribution in [3.63, 3.8) is 0 Å². The van der Waals surface area contributed by atoms with Crippen LogP contribution in [0.4, 0.5) is 5.69 Å². The van der Waals surface area contributed by atoms with E-state index in [-0.39, 0.29) is 0 Å². The zero-order valence-corrected chi connectivity index (χ0v) is 19.9. The van der Waals surface area contributed by atoms with Gasteiger partial charge in [-0.25, -0.2) is 13.4 Å². The molecule has 0 spiro atoms. The molecule has 1 fully saturated rings. The van der Waals surface area contributed by atoms with Crippen LogP contribution in [0.5, 0.6) is 5.75 Å². The van der Waals surface area contributed by atoms with Gasteiger partial charge in [0.1, 0.15) is 5.75 Å². The number of thiazole rings is 1. The number of hydrogen-bond acceptors (Lipinski definition) is 6. The maximum atomic E-state index is 12.9. The zero-order valence-electron chi connectivity index (χ0n) is 18.2. The summed E-state index contributed by atoms with van der Waals surface area (Å²) in [6.45, 7) is 7.06. The first-order chi connectivity index (χ1) is 15.5. The third-order valence-corrected chi connectivity index (χ3v) is 8.02. The topological polar surface area (TPSA) is 73.1 Å². The molecule has 32 heavy (non-hydrogen) atoms. The Morgan fingerprint density at radius 1 is 1.03 bits per heavy atom. The van der Waals surface area contributed by atoms with Crippen molar-refractivity contribution in [2.24, 2.45) is 4.99 Å². The molecule has 3 aromatic rings. The van der Waals surface area contributed by atoms with Crippen LogP contribution in [0.1, 0.15) is 13.8 Å². The van der Waals surface area contributed by atoms with E-state index in [1.165, 1.54) is 4.31 Å². The van der Waals surface area contributed by atoms with E-state index in [4.69, 9.17) is 14.5 Å². The van der Waals surface area contributed by atoms with Gasteiger partial charge in [-0.2, -0.15) is 4.31 Å². The second kappa shape index (κ2) is 9.99. The molecule has 1 aromatic heterocycles. The summed E-state index contributed by atoms with van der Waals surface area (Å²) in [5, 5.41) is 2.06. The van der Waals surface area contributed by atoms with Gasteiger partial charge in [0.25, 0.3) is 0 Å². The highest BCUT2D eigenvalue weighted by Crippen LogP contribution is 2.25. The molecule has 0 saturated carbocycles. The number of aromatic nitrogens is 1. The van der Waals surface area contributed by atoms with E-state index in [2.05, 4.69) is 16.9 Å². The van der Waals surface area contributed by atoms with Crippen molar-refractivity contribution in [1.82, 2.24) is 8.87 Å². The third kappa shape index (κ3) is 4.80. The largest absolute Gasteiger partial charge is 0.494 e. The molecule has 2 aromatic carbocycles. The fourth-order valence-electron chi connectivity index (χ4n) is 3.58. The molecule has 0 unspecified atom stereocenters. The van der Waals surface area contributed by atoms with Crippen molar-refractivity contribution in [2.75, 3.05) is 32.9 Å². The molecule has 0 aliphatic carbocycles. The van der Waals surface area contributed by atoms with Gasteiger partial charge in [0.05, 0.1) is 36.1 Å². The Kier molecular flexibility index (Phi) is 7.10. The number of morpholine rings is 1. The summed E-state index contributed by atoms with van der Waals surface area (Å²) >= 11 is 1.56. The third-order valence-electron chi connectivity index (χ3n) is 5.24. The molecular formula is C23H27N3O4S2. The quantitative estimate of drug-likeness (QED) is 0.522. The fourth-order valence-corrected chi connectivity index (χ4v) is 5.98. The van der Waals surface area contributed by atoms with Gasteiger partial charge in [0.2, 0.25) is 10.0 Å². The van der Waals surface area contributed by atoms with Crippen LogP contribution >= 0.6 is 11.3 Å². The first-order valence-electron chi connectivity index (χ1n) is 10.7. The minimum Gasteiger partial charge on any atom is -0.494 e. The second-order valence-electron chi connectivity index (χ2n) is 7.23. The molecule has 0 amide bonds. The van der Waals surface area contributed by atoms with Crippen molar-refractivity contribution >= 4 is 27.0 Å². The van der Waals surface area contributed by atoms with Gasteiger partial charge in [-0.05, 0) is 55.8 Å². The lowest BCUT2D eigenvalue weighted by atomic mass is 10.2. The fraction of sp³-hybridized carbons (Fsp3) is 0.348. The zero-order chi connectivity index (χ0) is 22.6. The summed E-state index contributed by atoms with van der Waals surface area (Å²) in [5.41, 5.74) is 2.82. The minimum absolute atomic E-state index is 0.306. The van der Waals surface area contributed by atoms with E-state index < -0.39 is 10.0 Å². The van der Waals surface area contributed by atoms with Crippen LogP contribution in [0.3, 0.4) is 0 Å². The Morgan fingerprint density at radius 2 is 1.72 bits per heavy atom. The van der Waals surface area contributed by atoms with Gasteiger partial charge in [-0.15, -0.1) is 11.3 Å². The van der Waals surface area contributed by atoms with Gasteiger partial charge in [0.15, 0.2) is 4.80 Å². The summed E-state index contributed by atoms with van der Waals surface area (Å²) in [4.78, 5) is 5.98. The van der Waals surface area contributed by atoms with Gasteiger partial charge < -0.3 is 14.0 Å². The maximum absolute atomic E-state index is 12.9. The van der Waals surface area contributed by atoms with E-state index in [0.717, 1.165) is 34.0 Å². The Hall–Kier alpha value is -2.46. The smallest absolute Gasteiger partial charge is 0.243 e. The first kappa shape index (κ1) is 22.7. The van der Waals surface area contributed by atoms with Crippen molar-refractivity contribution in [1.29, 1.82) is 0 Å². The van der Waals surface area contributed by atoms with Crippen molar-refractivity contribution in [2.45, 2.75) is 25.3 Å². The van der Waals surface area contributed by atoms with Gasteiger partial charge in [0, 0.05) is 25.0 Å². The molecule has 0 atom stereocenters. The SMILES string of the molecule is CCOc1ccc(N=c2scc(-c3ccc(S(=O)(=O)N4CCOCC4)cc3)n2CC)cc1. The Balaban J connectivity index is 1.61. The van der Waals surface area contributed by atoms with Crippen molar-refractivity contribution in [3.8, 4) is 17.0 Å². The summed E-state index contributed by atoms with van der Waals surface area (Å²) < 4.78 is 40.1. The number of benzene rings is 2. The lowest BCUT2D eigenvalue weighted by Gasteiger charge is -2.26. The Morgan fingerprint density at radius 3 is 2.34 bits per heavy atom. The predicted octanol–water partition coefficient (Wildman–Crippen LogP) is 3.89. The molecule has 170 valence electrons. The average molecular weight is 474 g/mol. The van der Waals surface area contributed by atoms with Crippen LogP contribution in [0.25, 0.3) is 11.3 Å². The first-order valence-corrected chi connectivity index (χ1v) is 13.0. The molecule has 4 rings (SSSR count). The highest BCUT2D eigenvalue weighted by Gasteiger charge is 2.26. The molecule has 2 heterocycles. The number of hydrogen-bond donors (Lipinski definition) is 0. The number of rotatable bonds is 7. The van der Waals surface area contributed by atoms with Crippen molar-refractivity contribution < 1.29 is 17.9 Å². The monoisotopic (exact) mass is 473 g/mol. The van der Waals surface area contributed by atoms with Crippen LogP contribution in [-0.2, 0) is 21.3 Å². The van der Waals surface area contributed by atoms with Gasteiger partial charge in [-0.3, -0.25) is 0 Å². The lowest BCUT2D eigenvalue weighted by molar-refractivity contribution is 0.0730. The minimum atomic E-state index is -3.50. The van der Waals surface area contributed by atoms with E-state index in [1.54, 1.807) is 23.5 Å². The normalized spacial score (nSPS) is 15.8. The van der Waals surface area contributed by atoms with E-state index in [1.807, 2.05) is 43.3 Å². The molecule has 0 radical (unpaired) electrons. The van der Waals surface area contributed by atoms with Crippen molar-refractivity contribution in [3.05, 3.63) is 58.7 Å². The van der Waals surface area contributed by atoms with E-state index in [0.29, 0.717) is 37.8 Å². The van der Waals surface area contributed by atoms with E-state index in [9.17, 15) is 8.42 Å². The molecule has 0 bridgehead atoms. The van der Waals surface area contributed by atoms with Crippen LogP contribution in [-0.4, -0.2) is 50.2 Å². The molecule has 7 nitrogen and oxygen atoms in total.